The molecule has 0 fully saturated rings. The zero-order valence-electron chi connectivity index (χ0n) is 11.7. The molecule has 112 valence electrons. The summed E-state index contributed by atoms with van der Waals surface area (Å²) in [6.07, 6.45) is -4.29. The van der Waals surface area contributed by atoms with Crippen LogP contribution in [0.25, 0.3) is 0 Å². The highest BCUT2D eigenvalue weighted by Crippen LogP contribution is 2.29. The highest BCUT2D eigenvalue weighted by atomic mass is 19.4. The van der Waals surface area contributed by atoms with Gasteiger partial charge in [-0.15, -0.1) is 0 Å². The third-order valence-electron chi connectivity index (χ3n) is 3.27. The van der Waals surface area contributed by atoms with Gasteiger partial charge in [-0.2, -0.15) is 13.2 Å². The summed E-state index contributed by atoms with van der Waals surface area (Å²) in [4.78, 5) is 2.05. The molecule has 0 amide bonds. The molecule has 0 spiro atoms. The molecule has 0 aliphatic rings. The summed E-state index contributed by atoms with van der Waals surface area (Å²) in [5, 5.41) is 0. The van der Waals surface area contributed by atoms with Crippen molar-refractivity contribution in [2.45, 2.75) is 19.6 Å². The number of hydrogen-bond donors (Lipinski definition) is 1. The lowest BCUT2D eigenvalue weighted by Crippen LogP contribution is -2.22. The summed E-state index contributed by atoms with van der Waals surface area (Å²) in [6, 6.07) is 12.7. The number of benzene rings is 2. The van der Waals surface area contributed by atoms with Gasteiger partial charge in [-0.3, -0.25) is 0 Å². The molecule has 0 saturated heterocycles. The van der Waals surface area contributed by atoms with Crippen molar-refractivity contribution >= 4 is 11.4 Å². The van der Waals surface area contributed by atoms with E-state index >= 15 is 0 Å². The zero-order chi connectivity index (χ0) is 15.5. The molecule has 0 aliphatic heterocycles. The lowest BCUT2D eigenvalue weighted by atomic mass is 10.1. The maximum absolute atomic E-state index is 12.5. The van der Waals surface area contributed by atoms with Gasteiger partial charge < -0.3 is 10.6 Å². The van der Waals surface area contributed by atoms with Gasteiger partial charge in [-0.1, -0.05) is 18.2 Å². The van der Waals surface area contributed by atoms with Crippen LogP contribution in [0.1, 0.15) is 18.1 Å². The summed E-state index contributed by atoms with van der Waals surface area (Å²) in [5.41, 5.74) is 7.58. The molecule has 0 aliphatic carbocycles. The number of nitrogens with zero attached hydrogens (tertiary/aromatic N) is 1. The Kier molecular flexibility index (Phi) is 4.40. The van der Waals surface area contributed by atoms with Crippen LogP contribution in [-0.4, -0.2) is 6.54 Å². The van der Waals surface area contributed by atoms with Gasteiger partial charge in [0.05, 0.1) is 5.56 Å². The summed E-state index contributed by atoms with van der Waals surface area (Å²) in [5.74, 6) is 0. The van der Waals surface area contributed by atoms with Crippen LogP contribution >= 0.6 is 0 Å². The first kappa shape index (κ1) is 15.2. The molecular formula is C16H17F3N2. The van der Waals surface area contributed by atoms with E-state index in [9.17, 15) is 13.2 Å². The van der Waals surface area contributed by atoms with Gasteiger partial charge in [0, 0.05) is 24.5 Å². The first-order chi connectivity index (χ1) is 9.90. The van der Waals surface area contributed by atoms with Crippen LogP contribution in [0.15, 0.2) is 48.5 Å². The molecule has 5 heteroatoms. The molecule has 2 nitrogen and oxygen atoms in total. The summed E-state index contributed by atoms with van der Waals surface area (Å²) in [6.45, 7) is 3.27. The Balaban J connectivity index is 2.15. The van der Waals surface area contributed by atoms with Crippen molar-refractivity contribution < 1.29 is 13.2 Å². The van der Waals surface area contributed by atoms with Crippen molar-refractivity contribution in [2.75, 3.05) is 17.2 Å². The van der Waals surface area contributed by atoms with Crippen LogP contribution in [0.4, 0.5) is 24.5 Å². The van der Waals surface area contributed by atoms with E-state index in [0.717, 1.165) is 29.9 Å². The largest absolute Gasteiger partial charge is 0.416 e. The lowest BCUT2D eigenvalue weighted by Gasteiger charge is -2.23. The van der Waals surface area contributed by atoms with Crippen molar-refractivity contribution in [3.8, 4) is 0 Å². The van der Waals surface area contributed by atoms with Gasteiger partial charge in [0.2, 0.25) is 0 Å². The minimum atomic E-state index is -4.29. The van der Waals surface area contributed by atoms with Crippen molar-refractivity contribution in [3.05, 3.63) is 59.7 Å². The standard InChI is InChI=1S/C16H17F3N2/c1-2-21(15-5-3-4-14(20)10-15)11-12-6-8-13(9-7-12)16(17,18)19/h3-10H,2,11,20H2,1H3. The van der Waals surface area contributed by atoms with E-state index < -0.39 is 11.7 Å². The van der Waals surface area contributed by atoms with Crippen molar-refractivity contribution in [3.63, 3.8) is 0 Å². The Morgan fingerprint density at radius 1 is 1.05 bits per heavy atom. The molecule has 2 rings (SSSR count). The maximum atomic E-state index is 12.5. The van der Waals surface area contributed by atoms with E-state index in [1.807, 2.05) is 25.1 Å². The third-order valence-corrected chi connectivity index (χ3v) is 3.27. The molecule has 0 atom stereocenters. The molecule has 0 aromatic heterocycles. The first-order valence-electron chi connectivity index (χ1n) is 6.67. The second-order valence-corrected chi connectivity index (χ2v) is 4.80. The minimum absolute atomic E-state index is 0.540. The SMILES string of the molecule is CCN(Cc1ccc(C(F)(F)F)cc1)c1cccc(N)c1. The van der Waals surface area contributed by atoms with Crippen LogP contribution in [0.5, 0.6) is 0 Å². The van der Waals surface area contributed by atoms with Crippen LogP contribution in [0.2, 0.25) is 0 Å². The number of alkyl halides is 3. The van der Waals surface area contributed by atoms with Crippen LogP contribution in [0.3, 0.4) is 0 Å². The minimum Gasteiger partial charge on any atom is -0.399 e. The number of halogens is 3. The summed E-state index contributed by atoms with van der Waals surface area (Å²) in [7, 11) is 0. The highest BCUT2D eigenvalue weighted by molar-refractivity contribution is 5.56. The van der Waals surface area contributed by atoms with E-state index in [1.165, 1.54) is 12.1 Å². The molecular weight excluding hydrogens is 277 g/mol. The smallest absolute Gasteiger partial charge is 0.399 e. The summed E-state index contributed by atoms with van der Waals surface area (Å²) >= 11 is 0. The fourth-order valence-corrected chi connectivity index (χ4v) is 2.13. The molecule has 21 heavy (non-hydrogen) atoms. The fourth-order valence-electron chi connectivity index (χ4n) is 2.13. The monoisotopic (exact) mass is 294 g/mol. The Morgan fingerprint density at radius 3 is 2.24 bits per heavy atom. The van der Waals surface area contributed by atoms with E-state index in [-0.39, 0.29) is 0 Å². The molecule has 2 aromatic carbocycles. The number of nitrogen functional groups attached to an aromatic ring is 1. The molecule has 0 bridgehead atoms. The van der Waals surface area contributed by atoms with E-state index in [0.29, 0.717) is 12.2 Å². The molecule has 2 aromatic rings. The number of rotatable bonds is 4. The molecule has 0 heterocycles. The Morgan fingerprint density at radius 2 is 1.71 bits per heavy atom. The predicted molar refractivity (Wildman–Crippen MR) is 79.0 cm³/mol. The first-order valence-corrected chi connectivity index (χ1v) is 6.67. The Hall–Kier alpha value is -2.17. The normalized spacial score (nSPS) is 11.4. The van der Waals surface area contributed by atoms with Gasteiger partial charge in [-0.05, 0) is 42.8 Å². The topological polar surface area (TPSA) is 29.3 Å². The molecule has 0 saturated carbocycles. The van der Waals surface area contributed by atoms with Crippen molar-refractivity contribution in [1.29, 1.82) is 0 Å². The van der Waals surface area contributed by atoms with Gasteiger partial charge in [-0.25, -0.2) is 0 Å². The second-order valence-electron chi connectivity index (χ2n) is 4.80. The maximum Gasteiger partial charge on any atom is 0.416 e. The highest BCUT2D eigenvalue weighted by Gasteiger charge is 2.29. The molecule has 0 radical (unpaired) electrons. The van der Waals surface area contributed by atoms with E-state index in [1.54, 1.807) is 6.07 Å². The quantitative estimate of drug-likeness (QED) is 0.851. The number of nitrogens with two attached hydrogens (primary N) is 1. The summed E-state index contributed by atoms with van der Waals surface area (Å²) < 4.78 is 37.6. The van der Waals surface area contributed by atoms with Gasteiger partial charge in [0.25, 0.3) is 0 Å². The zero-order valence-corrected chi connectivity index (χ0v) is 11.7. The van der Waals surface area contributed by atoms with Gasteiger partial charge in [0.1, 0.15) is 0 Å². The van der Waals surface area contributed by atoms with E-state index in [2.05, 4.69) is 4.90 Å². The number of hydrogen-bond acceptors (Lipinski definition) is 2. The third kappa shape index (κ3) is 3.90. The average molecular weight is 294 g/mol. The van der Waals surface area contributed by atoms with Gasteiger partial charge >= 0.3 is 6.18 Å². The molecule has 0 unspecified atom stereocenters. The lowest BCUT2D eigenvalue weighted by molar-refractivity contribution is -0.137. The van der Waals surface area contributed by atoms with Crippen molar-refractivity contribution in [1.82, 2.24) is 0 Å². The predicted octanol–water partition coefficient (Wildman–Crippen LogP) is 4.31. The van der Waals surface area contributed by atoms with Crippen LogP contribution < -0.4 is 10.6 Å². The molecule has 2 N–H and O–H groups in total. The number of anilines is 2. The van der Waals surface area contributed by atoms with E-state index in [4.69, 9.17) is 5.73 Å². The Labute approximate surface area is 122 Å². The Bertz CT molecular complexity index is 591. The average Bonchev–Trinajstić information content (AvgIpc) is 2.44. The van der Waals surface area contributed by atoms with Crippen LogP contribution in [0, 0.1) is 0 Å². The fraction of sp³-hybridized carbons (Fsp3) is 0.250. The van der Waals surface area contributed by atoms with Crippen LogP contribution in [-0.2, 0) is 12.7 Å². The van der Waals surface area contributed by atoms with Gasteiger partial charge in [0.15, 0.2) is 0 Å². The van der Waals surface area contributed by atoms with Crippen molar-refractivity contribution in [2.24, 2.45) is 0 Å². The second kappa shape index (κ2) is 6.08.